The molecule has 0 saturated carbocycles. The molecule has 3 atom stereocenters. The number of rotatable bonds is 8. The molecule has 0 bridgehead atoms. The number of amides is 5. The van der Waals surface area contributed by atoms with E-state index in [4.69, 9.17) is 10.5 Å². The Balaban J connectivity index is 1.48. The van der Waals surface area contributed by atoms with Crippen molar-refractivity contribution < 1.29 is 23.9 Å². The molecule has 2 aromatic carbocycles. The maximum absolute atomic E-state index is 13.7. The Morgan fingerprint density at radius 1 is 1.16 bits per heavy atom. The Morgan fingerprint density at radius 2 is 1.92 bits per heavy atom. The van der Waals surface area contributed by atoms with Crippen LogP contribution in [0.25, 0.3) is 0 Å². The van der Waals surface area contributed by atoms with Gasteiger partial charge in [-0.3, -0.25) is 14.5 Å². The molecule has 0 aliphatic carbocycles. The molecule has 37 heavy (non-hydrogen) atoms. The highest BCUT2D eigenvalue weighted by Crippen LogP contribution is 2.39. The number of urea groups is 1. The number of aryl methyl sites for hydroxylation is 1. The maximum atomic E-state index is 13.7. The second kappa shape index (κ2) is 11.5. The predicted octanol–water partition coefficient (Wildman–Crippen LogP) is 1.73. The number of anilines is 1. The van der Waals surface area contributed by atoms with E-state index in [1.165, 1.54) is 11.1 Å². The third-order valence-electron chi connectivity index (χ3n) is 6.41. The van der Waals surface area contributed by atoms with E-state index >= 15 is 0 Å². The number of ether oxygens (including phenoxy) is 1. The minimum atomic E-state index is -0.847. The number of nitrogens with one attached hydrogen (secondary N) is 3. The Morgan fingerprint density at radius 3 is 2.65 bits per heavy atom. The highest BCUT2D eigenvalue weighted by Gasteiger charge is 2.44. The third kappa shape index (κ3) is 6.05. The number of hydrazone groups is 1. The number of hydrogen-bond donors (Lipinski definition) is 4. The average molecular weight is 507 g/mol. The molecule has 4 rings (SSSR count). The number of benzene rings is 2. The summed E-state index contributed by atoms with van der Waals surface area (Å²) in [7, 11) is 0. The number of primary amides is 1. The normalized spacial score (nSPS) is 19.1. The van der Waals surface area contributed by atoms with Gasteiger partial charge in [0.15, 0.2) is 0 Å². The van der Waals surface area contributed by atoms with Gasteiger partial charge in [0, 0.05) is 12.6 Å². The number of para-hydroxylation sites is 1. The zero-order chi connectivity index (χ0) is 26.4. The average Bonchev–Trinajstić information content (AvgIpc) is 3.23. The highest BCUT2D eigenvalue weighted by atomic mass is 16.5. The van der Waals surface area contributed by atoms with Gasteiger partial charge in [0.2, 0.25) is 11.8 Å². The van der Waals surface area contributed by atoms with Crippen molar-refractivity contribution in [3.8, 4) is 0 Å². The lowest BCUT2D eigenvalue weighted by Crippen LogP contribution is -2.55. The molecule has 2 aromatic rings. The fourth-order valence-electron chi connectivity index (χ4n) is 4.60. The van der Waals surface area contributed by atoms with E-state index in [2.05, 4.69) is 21.2 Å². The summed E-state index contributed by atoms with van der Waals surface area (Å²) in [5, 5.41) is 9.30. The Labute approximate surface area is 214 Å². The quantitative estimate of drug-likeness (QED) is 0.317. The van der Waals surface area contributed by atoms with Gasteiger partial charge in [-0.05, 0) is 36.0 Å². The first-order valence-electron chi connectivity index (χ1n) is 12.2. The van der Waals surface area contributed by atoms with Gasteiger partial charge in [0.05, 0.1) is 11.7 Å². The van der Waals surface area contributed by atoms with Gasteiger partial charge in [-0.25, -0.2) is 15.0 Å². The first-order valence-corrected chi connectivity index (χ1v) is 12.2. The summed E-state index contributed by atoms with van der Waals surface area (Å²) in [6, 6.07) is 12.1. The molecule has 194 valence electrons. The van der Waals surface area contributed by atoms with Gasteiger partial charge in [-0.15, -0.1) is 0 Å². The second-order valence-corrected chi connectivity index (χ2v) is 8.93. The Bertz CT molecular complexity index is 1200. The van der Waals surface area contributed by atoms with Crippen LogP contribution < -0.4 is 26.7 Å². The summed E-state index contributed by atoms with van der Waals surface area (Å²) in [6.07, 6.45) is 2.48. The van der Waals surface area contributed by atoms with Gasteiger partial charge in [0.25, 0.3) is 0 Å². The van der Waals surface area contributed by atoms with Crippen molar-refractivity contribution in [1.29, 1.82) is 0 Å². The molecule has 11 nitrogen and oxygen atoms in total. The number of carbonyl (C=O) groups excluding carboxylic acids is 4. The summed E-state index contributed by atoms with van der Waals surface area (Å²) < 4.78 is 5.32. The molecule has 2 aliphatic rings. The van der Waals surface area contributed by atoms with Crippen molar-refractivity contribution >= 4 is 35.8 Å². The van der Waals surface area contributed by atoms with Crippen molar-refractivity contribution in [3.05, 3.63) is 65.2 Å². The van der Waals surface area contributed by atoms with Gasteiger partial charge < -0.3 is 21.1 Å². The van der Waals surface area contributed by atoms with Crippen molar-refractivity contribution in [2.75, 3.05) is 4.90 Å². The van der Waals surface area contributed by atoms with Crippen LogP contribution in [0.3, 0.4) is 0 Å². The van der Waals surface area contributed by atoms with E-state index in [1.807, 2.05) is 55.5 Å². The predicted molar refractivity (Wildman–Crippen MR) is 137 cm³/mol. The van der Waals surface area contributed by atoms with Crippen LogP contribution in [0, 0.1) is 0 Å². The SMILES string of the molecule is CC[C@@H](/C=N/NC(N)=O)NC(=O)[C@@H]1Cc2cccc3c2N1C(=O)[C@@H](NC(=O)OCc1ccccc1)CC3. The molecular weight excluding hydrogens is 476 g/mol. The van der Waals surface area contributed by atoms with Crippen LogP contribution >= 0.6 is 0 Å². The number of hydrogen-bond acceptors (Lipinski definition) is 6. The van der Waals surface area contributed by atoms with Crippen LogP contribution in [0.5, 0.6) is 0 Å². The zero-order valence-corrected chi connectivity index (χ0v) is 20.5. The molecular formula is C26H30N6O5. The van der Waals surface area contributed by atoms with Crippen LogP contribution in [0.15, 0.2) is 53.6 Å². The van der Waals surface area contributed by atoms with Crippen molar-refractivity contribution in [3.63, 3.8) is 0 Å². The number of nitrogens with zero attached hydrogens (tertiary/aromatic N) is 2. The molecule has 0 radical (unpaired) electrons. The Kier molecular flexibility index (Phi) is 8.02. The van der Waals surface area contributed by atoms with E-state index in [0.717, 1.165) is 22.4 Å². The highest BCUT2D eigenvalue weighted by molar-refractivity contribution is 6.07. The molecule has 5 amide bonds. The lowest BCUT2D eigenvalue weighted by atomic mass is 10.0. The summed E-state index contributed by atoms with van der Waals surface area (Å²) in [5.74, 6) is -0.724. The molecule has 5 N–H and O–H groups in total. The molecule has 0 unspecified atom stereocenters. The lowest BCUT2D eigenvalue weighted by molar-refractivity contribution is -0.127. The van der Waals surface area contributed by atoms with Crippen LogP contribution in [0.2, 0.25) is 0 Å². The summed E-state index contributed by atoms with van der Waals surface area (Å²) in [5.41, 5.74) is 10.5. The van der Waals surface area contributed by atoms with Gasteiger partial charge in [0.1, 0.15) is 18.7 Å². The van der Waals surface area contributed by atoms with E-state index in [9.17, 15) is 19.2 Å². The first-order chi connectivity index (χ1) is 17.9. The van der Waals surface area contributed by atoms with Crippen LogP contribution in [0.4, 0.5) is 15.3 Å². The van der Waals surface area contributed by atoms with E-state index < -0.39 is 30.2 Å². The summed E-state index contributed by atoms with van der Waals surface area (Å²) >= 11 is 0. The van der Waals surface area contributed by atoms with E-state index in [0.29, 0.717) is 25.7 Å². The van der Waals surface area contributed by atoms with Gasteiger partial charge in [-0.2, -0.15) is 5.10 Å². The minimum absolute atomic E-state index is 0.0806. The van der Waals surface area contributed by atoms with Crippen LogP contribution in [0.1, 0.15) is 36.5 Å². The topological polar surface area (TPSA) is 155 Å². The van der Waals surface area contributed by atoms with Gasteiger partial charge >= 0.3 is 12.1 Å². The fourth-order valence-corrected chi connectivity index (χ4v) is 4.60. The number of nitrogens with two attached hydrogens (primary N) is 1. The molecule has 0 saturated heterocycles. The minimum Gasteiger partial charge on any atom is -0.445 e. The van der Waals surface area contributed by atoms with E-state index in [1.54, 1.807) is 0 Å². The lowest BCUT2D eigenvalue weighted by Gasteiger charge is -2.28. The summed E-state index contributed by atoms with van der Waals surface area (Å²) in [4.78, 5) is 51.9. The standard InChI is InChI=1S/C26H30N6O5/c1-2-19(14-28-31-25(27)35)29-23(33)21-13-18-10-6-9-17-11-12-20(24(34)32(21)22(17)18)30-26(36)37-15-16-7-4-3-5-8-16/h3-10,14,19-21H,2,11-13,15H2,1H3,(H,29,33)(H,30,36)(H3,27,31,35)/b28-14+/t19-,20-,21-/m0/s1. The fraction of sp³-hybridized carbons (Fsp3) is 0.346. The summed E-state index contributed by atoms with van der Waals surface area (Å²) in [6.45, 7) is 1.93. The molecule has 0 fully saturated rings. The Hall–Kier alpha value is -4.41. The van der Waals surface area contributed by atoms with E-state index in [-0.39, 0.29) is 18.4 Å². The smallest absolute Gasteiger partial charge is 0.408 e. The van der Waals surface area contributed by atoms with Crippen molar-refractivity contribution in [1.82, 2.24) is 16.1 Å². The van der Waals surface area contributed by atoms with Gasteiger partial charge in [-0.1, -0.05) is 55.5 Å². The monoisotopic (exact) mass is 506 g/mol. The molecule has 2 aliphatic heterocycles. The molecule has 0 aromatic heterocycles. The van der Waals surface area contributed by atoms with Crippen LogP contribution in [-0.4, -0.2) is 48.3 Å². The van der Waals surface area contributed by atoms with Crippen LogP contribution in [-0.2, 0) is 33.8 Å². The molecule has 0 spiro atoms. The van der Waals surface area contributed by atoms with Crippen molar-refractivity contribution in [2.24, 2.45) is 10.8 Å². The molecule has 2 heterocycles. The van der Waals surface area contributed by atoms with Crippen molar-refractivity contribution in [2.45, 2.75) is 57.3 Å². The first kappa shape index (κ1) is 25.7. The zero-order valence-electron chi connectivity index (χ0n) is 20.5. The largest absolute Gasteiger partial charge is 0.445 e. The number of alkyl carbamates (subject to hydrolysis) is 1. The number of carbonyl (C=O) groups is 4. The maximum Gasteiger partial charge on any atom is 0.408 e. The molecule has 11 heteroatoms. The second-order valence-electron chi connectivity index (χ2n) is 8.93. The third-order valence-corrected chi connectivity index (χ3v) is 6.41.